The molecule has 27 heavy (non-hydrogen) atoms. The number of carbonyl (C=O) groups excluding carboxylic acids is 1. The minimum atomic E-state index is -0.313. The molecular formula is C23H35FN2O. The molecule has 1 aliphatic rings. The van der Waals surface area contributed by atoms with E-state index in [-0.39, 0.29) is 23.7 Å². The molecule has 1 amide bonds. The van der Waals surface area contributed by atoms with Crippen LogP contribution in [0.5, 0.6) is 0 Å². The van der Waals surface area contributed by atoms with Crippen LogP contribution in [0.3, 0.4) is 0 Å². The lowest BCUT2D eigenvalue weighted by Crippen LogP contribution is -2.25. The lowest BCUT2D eigenvalue weighted by atomic mass is 9.86. The largest absolute Gasteiger partial charge is 0.347 e. The molecule has 4 heteroatoms. The van der Waals surface area contributed by atoms with E-state index in [0.717, 1.165) is 12.0 Å². The molecule has 0 aliphatic heterocycles. The highest BCUT2D eigenvalue weighted by Gasteiger charge is 2.16. The van der Waals surface area contributed by atoms with Crippen molar-refractivity contribution in [1.29, 1.82) is 0 Å². The van der Waals surface area contributed by atoms with E-state index < -0.39 is 0 Å². The van der Waals surface area contributed by atoms with Crippen molar-refractivity contribution < 1.29 is 9.18 Å². The zero-order valence-corrected chi connectivity index (χ0v) is 17.6. The van der Waals surface area contributed by atoms with Crippen molar-refractivity contribution in [2.24, 2.45) is 4.99 Å². The molecule has 0 aromatic heterocycles. The fraction of sp³-hybridized carbons (Fsp3) is 0.565. The summed E-state index contributed by atoms with van der Waals surface area (Å²) in [6, 6.07) is 5.04. The summed E-state index contributed by atoms with van der Waals surface area (Å²) in [4.78, 5) is 16.1. The van der Waals surface area contributed by atoms with Gasteiger partial charge in [0.15, 0.2) is 0 Å². The zero-order valence-electron chi connectivity index (χ0n) is 17.6. The van der Waals surface area contributed by atoms with Crippen LogP contribution < -0.4 is 5.32 Å². The average Bonchev–Trinajstić information content (AvgIpc) is 3.20. The highest BCUT2D eigenvalue weighted by Crippen LogP contribution is 2.24. The Balaban J connectivity index is 0.000000625. The molecule has 0 radical (unpaired) electrons. The molecule has 0 unspecified atom stereocenters. The monoisotopic (exact) mass is 374 g/mol. The third kappa shape index (κ3) is 8.51. The van der Waals surface area contributed by atoms with Crippen LogP contribution in [0.1, 0.15) is 84.3 Å². The second-order valence-corrected chi connectivity index (χ2v) is 7.90. The van der Waals surface area contributed by atoms with Gasteiger partial charge in [0.1, 0.15) is 11.5 Å². The van der Waals surface area contributed by atoms with E-state index in [1.165, 1.54) is 38.2 Å². The van der Waals surface area contributed by atoms with Gasteiger partial charge in [-0.05, 0) is 30.4 Å². The molecule has 3 nitrogen and oxygen atoms in total. The number of hydrogen-bond acceptors (Lipinski definition) is 2. The number of carbonyl (C=O) groups is 1. The standard InChI is InChI=1S/C18H25FN2O.C5H10/c1-6-10-20-16(7-2)17(22)21-12-13-11-14(18(3,4)5)8-9-15(13)19;1-2-4-5-3-1/h7-11H,6,12H2,1-5H3,(H,21,22);1-5H2/b16-7-,20-10?;. The fourth-order valence-electron chi connectivity index (χ4n) is 2.78. The minimum Gasteiger partial charge on any atom is -0.347 e. The van der Waals surface area contributed by atoms with Crippen molar-refractivity contribution in [2.75, 3.05) is 0 Å². The average molecular weight is 375 g/mol. The summed E-state index contributed by atoms with van der Waals surface area (Å²) in [6.45, 7) is 10.1. The van der Waals surface area contributed by atoms with Crippen molar-refractivity contribution in [3.8, 4) is 0 Å². The maximum absolute atomic E-state index is 13.9. The molecule has 0 bridgehead atoms. The van der Waals surface area contributed by atoms with Crippen molar-refractivity contribution >= 4 is 12.1 Å². The van der Waals surface area contributed by atoms with Gasteiger partial charge in [-0.15, -0.1) is 0 Å². The van der Waals surface area contributed by atoms with Gasteiger partial charge in [-0.25, -0.2) is 4.39 Å². The van der Waals surface area contributed by atoms with E-state index in [0.29, 0.717) is 11.3 Å². The van der Waals surface area contributed by atoms with Gasteiger partial charge in [0.05, 0.1) is 0 Å². The Hall–Kier alpha value is -1.97. The van der Waals surface area contributed by atoms with Gasteiger partial charge in [-0.1, -0.05) is 78.0 Å². The Morgan fingerprint density at radius 2 is 1.78 bits per heavy atom. The van der Waals surface area contributed by atoms with Crippen molar-refractivity contribution in [3.63, 3.8) is 0 Å². The highest BCUT2D eigenvalue weighted by atomic mass is 19.1. The van der Waals surface area contributed by atoms with Crippen LogP contribution in [0.2, 0.25) is 0 Å². The summed E-state index contributed by atoms with van der Waals surface area (Å²) in [5.41, 5.74) is 1.80. The Labute approximate surface area is 164 Å². The summed E-state index contributed by atoms with van der Waals surface area (Å²) in [7, 11) is 0. The van der Waals surface area contributed by atoms with Crippen molar-refractivity contribution in [3.05, 3.63) is 46.9 Å². The molecule has 0 atom stereocenters. The number of nitrogens with one attached hydrogen (secondary N) is 1. The highest BCUT2D eigenvalue weighted by molar-refractivity contribution is 5.94. The molecule has 1 aromatic rings. The van der Waals surface area contributed by atoms with Gasteiger partial charge in [0.25, 0.3) is 5.91 Å². The number of aliphatic imine (C=N–C) groups is 1. The van der Waals surface area contributed by atoms with Gasteiger partial charge >= 0.3 is 0 Å². The molecule has 1 N–H and O–H groups in total. The van der Waals surface area contributed by atoms with Crippen LogP contribution in [-0.4, -0.2) is 12.1 Å². The van der Waals surface area contributed by atoms with E-state index in [2.05, 4.69) is 31.1 Å². The summed E-state index contributed by atoms with van der Waals surface area (Å²) < 4.78 is 13.9. The number of benzene rings is 1. The summed E-state index contributed by atoms with van der Waals surface area (Å²) >= 11 is 0. The molecule has 0 spiro atoms. The van der Waals surface area contributed by atoms with Gasteiger partial charge in [-0.3, -0.25) is 9.79 Å². The van der Waals surface area contributed by atoms with E-state index in [9.17, 15) is 9.18 Å². The van der Waals surface area contributed by atoms with E-state index in [4.69, 9.17) is 0 Å². The summed E-state index contributed by atoms with van der Waals surface area (Å²) in [5.74, 6) is -0.611. The van der Waals surface area contributed by atoms with Crippen LogP contribution in [0.4, 0.5) is 4.39 Å². The number of nitrogens with zero attached hydrogens (tertiary/aromatic N) is 1. The third-order valence-corrected chi connectivity index (χ3v) is 4.52. The molecule has 0 heterocycles. The molecule has 1 fully saturated rings. The Morgan fingerprint density at radius 3 is 2.26 bits per heavy atom. The van der Waals surface area contributed by atoms with Gasteiger partial charge < -0.3 is 5.32 Å². The topological polar surface area (TPSA) is 41.5 Å². The number of halogens is 1. The van der Waals surface area contributed by atoms with Gasteiger partial charge in [0, 0.05) is 18.3 Å². The maximum atomic E-state index is 13.9. The van der Waals surface area contributed by atoms with Crippen LogP contribution in [0.25, 0.3) is 0 Å². The van der Waals surface area contributed by atoms with E-state index in [1.54, 1.807) is 31.3 Å². The number of rotatable bonds is 5. The summed E-state index contributed by atoms with van der Waals surface area (Å²) in [6.07, 6.45) is 11.6. The first kappa shape index (κ1) is 23.1. The Bertz CT molecular complexity index is 645. The van der Waals surface area contributed by atoms with Crippen LogP contribution in [-0.2, 0) is 16.8 Å². The zero-order chi connectivity index (χ0) is 20.3. The molecule has 2 rings (SSSR count). The molecule has 1 aromatic carbocycles. The number of amides is 1. The molecular weight excluding hydrogens is 339 g/mol. The van der Waals surface area contributed by atoms with Gasteiger partial charge in [-0.2, -0.15) is 0 Å². The number of hydrogen-bond donors (Lipinski definition) is 1. The van der Waals surface area contributed by atoms with Crippen LogP contribution in [0.15, 0.2) is 35.0 Å². The second-order valence-electron chi connectivity index (χ2n) is 7.90. The smallest absolute Gasteiger partial charge is 0.269 e. The van der Waals surface area contributed by atoms with Crippen LogP contribution in [0, 0.1) is 5.82 Å². The van der Waals surface area contributed by atoms with Crippen LogP contribution >= 0.6 is 0 Å². The normalized spacial score (nSPS) is 14.8. The molecule has 1 saturated carbocycles. The van der Waals surface area contributed by atoms with Crippen molar-refractivity contribution in [1.82, 2.24) is 5.32 Å². The Morgan fingerprint density at radius 1 is 1.19 bits per heavy atom. The van der Waals surface area contributed by atoms with Crippen molar-refractivity contribution in [2.45, 2.75) is 85.1 Å². The lowest BCUT2D eigenvalue weighted by Gasteiger charge is -2.20. The first-order valence-corrected chi connectivity index (χ1v) is 10.1. The lowest BCUT2D eigenvalue weighted by molar-refractivity contribution is -0.117. The van der Waals surface area contributed by atoms with E-state index in [1.807, 2.05) is 6.92 Å². The first-order valence-electron chi connectivity index (χ1n) is 10.1. The van der Waals surface area contributed by atoms with Gasteiger partial charge in [0.2, 0.25) is 0 Å². The quantitative estimate of drug-likeness (QED) is 0.493. The molecule has 150 valence electrons. The molecule has 0 saturated heterocycles. The fourth-order valence-corrected chi connectivity index (χ4v) is 2.78. The summed E-state index contributed by atoms with van der Waals surface area (Å²) in [5, 5.41) is 2.72. The molecule has 1 aliphatic carbocycles. The second kappa shape index (κ2) is 11.7. The predicted molar refractivity (Wildman–Crippen MR) is 113 cm³/mol. The predicted octanol–water partition coefficient (Wildman–Crippen LogP) is 6.07. The SMILES string of the molecule is C/C=C(\N=CCC)C(=O)NCc1cc(C(C)(C)C)ccc1F.C1CCCC1. The number of allylic oxidation sites excluding steroid dienone is 1. The minimum absolute atomic E-state index is 0.0631. The Kier molecular flexibility index (Phi) is 9.98. The first-order chi connectivity index (χ1) is 12.8. The maximum Gasteiger partial charge on any atom is 0.269 e. The third-order valence-electron chi connectivity index (χ3n) is 4.52. The van der Waals surface area contributed by atoms with E-state index >= 15 is 0 Å².